The van der Waals surface area contributed by atoms with Crippen LogP contribution in [0.25, 0.3) is 10.8 Å². The van der Waals surface area contributed by atoms with Crippen molar-refractivity contribution in [3.05, 3.63) is 82.9 Å². The minimum atomic E-state index is 0. The summed E-state index contributed by atoms with van der Waals surface area (Å²) in [4.78, 5) is 14.4. The Kier molecular flexibility index (Phi) is 6.38. The van der Waals surface area contributed by atoms with Crippen LogP contribution in [0.2, 0.25) is 5.02 Å². The van der Waals surface area contributed by atoms with Crippen LogP contribution in [0, 0.1) is 0 Å². The van der Waals surface area contributed by atoms with Gasteiger partial charge in [0.25, 0.3) is 0 Å². The quantitative estimate of drug-likeness (QED) is 0.581. The van der Waals surface area contributed by atoms with Crippen LogP contribution in [0.1, 0.15) is 15.9 Å². The Morgan fingerprint density at radius 2 is 1.62 bits per heavy atom. The van der Waals surface area contributed by atoms with E-state index in [1.165, 1.54) is 16.3 Å². The van der Waals surface area contributed by atoms with Gasteiger partial charge in [-0.05, 0) is 47.6 Å². The molecule has 0 aromatic heterocycles. The van der Waals surface area contributed by atoms with Crippen molar-refractivity contribution in [2.75, 3.05) is 13.6 Å². The molecule has 0 aliphatic carbocycles. The van der Waals surface area contributed by atoms with Crippen molar-refractivity contribution in [3.8, 4) is 0 Å². The largest absolute Gasteiger partial charge is 0.295 e. The third-order valence-corrected chi connectivity index (χ3v) is 4.15. The Morgan fingerprint density at radius 3 is 2.38 bits per heavy atom. The highest BCUT2D eigenvalue weighted by atomic mass is 35.5. The third kappa shape index (κ3) is 4.35. The van der Waals surface area contributed by atoms with Gasteiger partial charge in [-0.3, -0.25) is 9.69 Å². The fourth-order valence-corrected chi connectivity index (χ4v) is 2.88. The number of nitrogens with zero attached hydrogens (tertiary/aromatic N) is 1. The Labute approximate surface area is 153 Å². The summed E-state index contributed by atoms with van der Waals surface area (Å²) in [5, 5.41) is 3.11. The van der Waals surface area contributed by atoms with E-state index < -0.39 is 0 Å². The van der Waals surface area contributed by atoms with Crippen LogP contribution < -0.4 is 0 Å². The molecule has 0 spiro atoms. The number of ketones is 1. The highest BCUT2D eigenvalue weighted by Crippen LogP contribution is 2.19. The maximum Gasteiger partial charge on any atom is 0.176 e. The topological polar surface area (TPSA) is 20.3 Å². The number of hydrogen-bond donors (Lipinski definition) is 0. The summed E-state index contributed by atoms with van der Waals surface area (Å²) >= 11 is 5.86. The zero-order valence-corrected chi connectivity index (χ0v) is 15.0. The first-order chi connectivity index (χ1) is 11.1. The van der Waals surface area contributed by atoms with Gasteiger partial charge >= 0.3 is 0 Å². The van der Waals surface area contributed by atoms with Gasteiger partial charge < -0.3 is 0 Å². The molecule has 0 atom stereocenters. The number of hydrogen-bond acceptors (Lipinski definition) is 2. The summed E-state index contributed by atoms with van der Waals surface area (Å²) in [6.45, 7) is 1.12. The number of Topliss-reactive ketones (excluding diaryl/α,β-unsaturated/α-hetero) is 1. The first kappa shape index (κ1) is 18.5. The molecule has 0 amide bonds. The Hall–Kier alpha value is -1.87. The zero-order valence-electron chi connectivity index (χ0n) is 13.4. The van der Waals surface area contributed by atoms with Gasteiger partial charge in [-0.15, -0.1) is 12.4 Å². The first-order valence-corrected chi connectivity index (χ1v) is 7.95. The van der Waals surface area contributed by atoms with Crippen LogP contribution in [-0.2, 0) is 6.54 Å². The number of fused-ring (bicyclic) bond motifs is 1. The van der Waals surface area contributed by atoms with E-state index in [1.807, 2.05) is 24.1 Å². The van der Waals surface area contributed by atoms with Gasteiger partial charge in [0.2, 0.25) is 0 Å². The molecule has 0 N–H and O–H groups in total. The molecule has 0 saturated carbocycles. The molecule has 2 nitrogen and oxygen atoms in total. The summed E-state index contributed by atoms with van der Waals surface area (Å²) in [6.07, 6.45) is 0. The van der Waals surface area contributed by atoms with Gasteiger partial charge in [-0.1, -0.05) is 54.1 Å². The molecule has 124 valence electrons. The van der Waals surface area contributed by atoms with Gasteiger partial charge in [0.05, 0.1) is 6.54 Å². The monoisotopic (exact) mass is 359 g/mol. The van der Waals surface area contributed by atoms with Gasteiger partial charge in [0.15, 0.2) is 5.78 Å². The lowest BCUT2D eigenvalue weighted by atomic mass is 10.0. The molecule has 3 aromatic rings. The van der Waals surface area contributed by atoms with Crippen LogP contribution >= 0.6 is 24.0 Å². The van der Waals surface area contributed by atoms with Crippen LogP contribution in [0.15, 0.2) is 66.7 Å². The van der Waals surface area contributed by atoms with E-state index in [4.69, 9.17) is 11.6 Å². The Balaban J connectivity index is 0.00000208. The minimum absolute atomic E-state index is 0. The molecule has 3 aromatic carbocycles. The summed E-state index contributed by atoms with van der Waals surface area (Å²) in [5.74, 6) is 0.101. The molecule has 0 unspecified atom stereocenters. The average molecular weight is 360 g/mol. The standard InChI is InChI=1S/C20H18ClNO.ClH/c1-22(14-20(23)16-9-11-18(21)12-10-16)13-17-7-4-6-15-5-2-3-8-19(15)17;/h2-12H,13-14H2,1H3;1H. The van der Waals surface area contributed by atoms with E-state index >= 15 is 0 Å². The van der Waals surface area contributed by atoms with Crippen molar-refractivity contribution in [2.45, 2.75) is 6.54 Å². The number of carbonyl (C=O) groups excluding carboxylic acids is 1. The predicted octanol–water partition coefficient (Wildman–Crippen LogP) is 5.23. The molecule has 0 bridgehead atoms. The number of carbonyl (C=O) groups is 1. The van der Waals surface area contributed by atoms with Crippen molar-refractivity contribution in [3.63, 3.8) is 0 Å². The van der Waals surface area contributed by atoms with E-state index in [1.54, 1.807) is 24.3 Å². The first-order valence-electron chi connectivity index (χ1n) is 7.57. The highest BCUT2D eigenvalue weighted by molar-refractivity contribution is 6.30. The lowest BCUT2D eigenvalue weighted by Gasteiger charge is -2.17. The highest BCUT2D eigenvalue weighted by Gasteiger charge is 2.11. The van der Waals surface area contributed by atoms with Crippen LogP contribution in [0.4, 0.5) is 0 Å². The van der Waals surface area contributed by atoms with Crippen molar-refractivity contribution in [2.24, 2.45) is 0 Å². The number of benzene rings is 3. The molecule has 0 fully saturated rings. The predicted molar refractivity (Wildman–Crippen MR) is 103 cm³/mol. The van der Waals surface area contributed by atoms with Crippen LogP contribution in [0.3, 0.4) is 0 Å². The van der Waals surface area contributed by atoms with Gasteiger partial charge in [-0.25, -0.2) is 0 Å². The molecular formula is C20H19Cl2NO. The van der Waals surface area contributed by atoms with E-state index in [9.17, 15) is 4.79 Å². The second-order valence-corrected chi connectivity index (χ2v) is 6.18. The second kappa shape index (κ2) is 8.29. The maximum absolute atomic E-state index is 12.3. The summed E-state index contributed by atoms with van der Waals surface area (Å²) in [7, 11) is 1.97. The normalized spacial score (nSPS) is 10.6. The molecule has 0 aliphatic rings. The third-order valence-electron chi connectivity index (χ3n) is 3.90. The van der Waals surface area contributed by atoms with E-state index in [2.05, 4.69) is 30.3 Å². The minimum Gasteiger partial charge on any atom is -0.295 e. The second-order valence-electron chi connectivity index (χ2n) is 5.74. The van der Waals surface area contributed by atoms with E-state index in [-0.39, 0.29) is 18.2 Å². The molecule has 4 heteroatoms. The Morgan fingerprint density at radius 1 is 0.958 bits per heavy atom. The van der Waals surface area contributed by atoms with Crippen molar-refractivity contribution >= 4 is 40.6 Å². The molecule has 0 heterocycles. The molecule has 0 saturated heterocycles. The summed E-state index contributed by atoms with van der Waals surface area (Å²) in [5.41, 5.74) is 1.92. The molecular weight excluding hydrogens is 341 g/mol. The molecule has 0 aliphatic heterocycles. The number of rotatable bonds is 5. The molecule has 0 radical (unpaired) electrons. The Bertz CT molecular complexity index is 825. The van der Waals surface area contributed by atoms with Gasteiger partial charge in [-0.2, -0.15) is 0 Å². The van der Waals surface area contributed by atoms with Crippen LogP contribution in [0.5, 0.6) is 0 Å². The SMILES string of the molecule is CN(CC(=O)c1ccc(Cl)cc1)Cc1cccc2ccccc12.Cl. The van der Waals surface area contributed by atoms with Crippen molar-refractivity contribution < 1.29 is 4.79 Å². The summed E-state index contributed by atoms with van der Waals surface area (Å²) < 4.78 is 0. The fraction of sp³-hybridized carbons (Fsp3) is 0.150. The van der Waals surface area contributed by atoms with E-state index in [0.29, 0.717) is 17.1 Å². The smallest absolute Gasteiger partial charge is 0.176 e. The van der Waals surface area contributed by atoms with Crippen molar-refractivity contribution in [1.82, 2.24) is 4.90 Å². The van der Waals surface area contributed by atoms with E-state index in [0.717, 1.165) is 6.54 Å². The molecule has 3 rings (SSSR count). The number of likely N-dealkylation sites (N-methyl/N-ethyl adjacent to an activating group) is 1. The summed E-state index contributed by atoms with van der Waals surface area (Å²) in [6, 6.07) is 21.7. The van der Waals surface area contributed by atoms with Crippen LogP contribution in [-0.4, -0.2) is 24.3 Å². The zero-order chi connectivity index (χ0) is 16.2. The lowest BCUT2D eigenvalue weighted by Crippen LogP contribution is -2.25. The lowest BCUT2D eigenvalue weighted by molar-refractivity contribution is 0.0943. The number of halogens is 2. The maximum atomic E-state index is 12.3. The van der Waals surface area contributed by atoms with Crippen molar-refractivity contribution in [1.29, 1.82) is 0 Å². The molecule has 24 heavy (non-hydrogen) atoms. The fourth-order valence-electron chi connectivity index (χ4n) is 2.75. The van der Waals surface area contributed by atoms with Gasteiger partial charge in [0, 0.05) is 17.1 Å². The average Bonchev–Trinajstić information content (AvgIpc) is 2.55. The van der Waals surface area contributed by atoms with Gasteiger partial charge in [0.1, 0.15) is 0 Å².